The van der Waals surface area contributed by atoms with E-state index in [1.165, 1.54) is 96.0 Å². The van der Waals surface area contributed by atoms with Crippen LogP contribution in [-0.4, -0.2) is 18.2 Å². The molecule has 0 radical (unpaired) electrons. The van der Waals surface area contributed by atoms with Crippen molar-refractivity contribution < 1.29 is 13.9 Å². The molecule has 0 aromatic carbocycles. The molecule has 0 fully saturated rings. The summed E-state index contributed by atoms with van der Waals surface area (Å²) in [5.41, 5.74) is -0.374. The maximum Gasteiger partial charge on any atom is 0.330 e. The fraction of sp³-hybridized carbons (Fsp3) is 0.900. The molecule has 0 aromatic rings. The lowest BCUT2D eigenvalue weighted by atomic mass is 9.91. The van der Waals surface area contributed by atoms with Crippen molar-refractivity contribution in [2.75, 3.05) is 6.67 Å². The Bertz CT molecular complexity index is 437. The Hall–Kier alpha value is -0.860. The van der Waals surface area contributed by atoms with Gasteiger partial charge in [-0.15, -0.1) is 0 Å². The second-order valence-corrected chi connectivity index (χ2v) is 10.3. The Labute approximate surface area is 206 Å². The molecule has 0 N–H and O–H groups in total. The van der Waals surface area contributed by atoms with Gasteiger partial charge in [-0.3, -0.25) is 4.39 Å². The summed E-state index contributed by atoms with van der Waals surface area (Å²) in [5, 5.41) is 0. The number of carbonyl (C=O) groups is 1. The first kappa shape index (κ1) is 32.1. The molecule has 0 aliphatic heterocycles. The van der Waals surface area contributed by atoms with Gasteiger partial charge in [-0.1, -0.05) is 129 Å². The fourth-order valence-corrected chi connectivity index (χ4v) is 4.68. The van der Waals surface area contributed by atoms with Gasteiger partial charge in [0.2, 0.25) is 0 Å². The minimum absolute atomic E-state index is 0.200. The SMILES string of the molecule is C=CC(=O)OC(C)(CCCCCCCCF)CCCCCCCCCCCCCCCCC. The van der Waals surface area contributed by atoms with Crippen molar-refractivity contribution in [1.29, 1.82) is 0 Å². The van der Waals surface area contributed by atoms with Crippen molar-refractivity contribution in [2.24, 2.45) is 0 Å². The van der Waals surface area contributed by atoms with Crippen LogP contribution < -0.4 is 0 Å². The zero-order valence-corrected chi connectivity index (χ0v) is 22.4. The molecule has 0 amide bonds. The molecule has 0 bridgehead atoms. The van der Waals surface area contributed by atoms with E-state index < -0.39 is 0 Å². The molecular formula is C30H57FO2. The summed E-state index contributed by atoms with van der Waals surface area (Å²) in [4.78, 5) is 11.8. The van der Waals surface area contributed by atoms with Gasteiger partial charge >= 0.3 is 5.97 Å². The zero-order chi connectivity index (χ0) is 24.5. The lowest BCUT2D eigenvalue weighted by molar-refractivity contribution is -0.153. The van der Waals surface area contributed by atoms with E-state index in [9.17, 15) is 9.18 Å². The van der Waals surface area contributed by atoms with Crippen molar-refractivity contribution in [3.8, 4) is 0 Å². The number of alkyl halides is 1. The molecule has 0 aromatic heterocycles. The largest absolute Gasteiger partial charge is 0.456 e. The molecule has 0 saturated heterocycles. The van der Waals surface area contributed by atoms with Crippen LogP contribution in [0.3, 0.4) is 0 Å². The third-order valence-electron chi connectivity index (χ3n) is 6.91. The minimum Gasteiger partial charge on any atom is -0.456 e. The summed E-state index contributed by atoms with van der Waals surface area (Å²) < 4.78 is 17.9. The minimum atomic E-state index is -0.374. The number of hydrogen-bond donors (Lipinski definition) is 0. The Morgan fingerprint density at radius 1 is 0.667 bits per heavy atom. The summed E-state index contributed by atoms with van der Waals surface area (Å²) >= 11 is 0. The Morgan fingerprint density at radius 2 is 1.00 bits per heavy atom. The van der Waals surface area contributed by atoms with Crippen molar-refractivity contribution in [3.05, 3.63) is 12.7 Å². The van der Waals surface area contributed by atoms with Gasteiger partial charge in [0, 0.05) is 6.08 Å². The summed E-state index contributed by atoms with van der Waals surface area (Å²) in [6.07, 6.45) is 29.7. The van der Waals surface area contributed by atoms with E-state index in [0.717, 1.165) is 51.4 Å². The summed E-state index contributed by atoms with van der Waals surface area (Å²) in [6.45, 7) is 7.72. The monoisotopic (exact) mass is 468 g/mol. The standard InChI is InChI=1S/C30H57FO2/c1-4-6-7-8-9-10-11-12-13-14-15-16-17-20-23-26-30(3,33-29(32)5-2)27-24-21-18-19-22-25-28-31/h5H,2,4,6-28H2,1,3H3. The highest BCUT2D eigenvalue weighted by Crippen LogP contribution is 2.27. The number of ether oxygens (including phenoxy) is 1. The molecule has 3 heteroatoms. The van der Waals surface area contributed by atoms with Gasteiger partial charge < -0.3 is 4.74 Å². The van der Waals surface area contributed by atoms with Crippen LogP contribution in [0.2, 0.25) is 0 Å². The number of halogens is 1. The van der Waals surface area contributed by atoms with Gasteiger partial charge in [0.25, 0.3) is 0 Å². The predicted molar refractivity (Wildman–Crippen MR) is 143 cm³/mol. The Morgan fingerprint density at radius 3 is 1.33 bits per heavy atom. The molecule has 0 saturated carbocycles. The number of esters is 1. The van der Waals surface area contributed by atoms with Crippen LogP contribution in [0.5, 0.6) is 0 Å². The van der Waals surface area contributed by atoms with Crippen molar-refractivity contribution in [1.82, 2.24) is 0 Å². The molecular weight excluding hydrogens is 411 g/mol. The fourth-order valence-electron chi connectivity index (χ4n) is 4.68. The first-order chi connectivity index (χ1) is 16.1. The van der Waals surface area contributed by atoms with Crippen LogP contribution in [0, 0.1) is 0 Å². The van der Waals surface area contributed by atoms with E-state index in [-0.39, 0.29) is 18.2 Å². The molecule has 1 unspecified atom stereocenters. The smallest absolute Gasteiger partial charge is 0.330 e. The zero-order valence-electron chi connectivity index (χ0n) is 22.4. The molecule has 196 valence electrons. The Kier molecular flexibility index (Phi) is 23.6. The van der Waals surface area contributed by atoms with Crippen LogP contribution in [-0.2, 0) is 9.53 Å². The summed E-state index contributed by atoms with van der Waals surface area (Å²) in [6, 6.07) is 0. The number of rotatable bonds is 26. The van der Waals surface area contributed by atoms with E-state index in [1.54, 1.807) is 0 Å². The van der Waals surface area contributed by atoms with E-state index in [1.807, 2.05) is 0 Å². The third-order valence-corrected chi connectivity index (χ3v) is 6.91. The highest BCUT2D eigenvalue weighted by molar-refractivity contribution is 5.81. The molecule has 0 rings (SSSR count). The van der Waals surface area contributed by atoms with E-state index in [4.69, 9.17) is 4.74 Å². The maximum atomic E-state index is 12.2. The highest BCUT2D eigenvalue weighted by Gasteiger charge is 2.27. The normalized spacial score (nSPS) is 13.1. The van der Waals surface area contributed by atoms with E-state index >= 15 is 0 Å². The van der Waals surface area contributed by atoms with Crippen molar-refractivity contribution in [2.45, 2.75) is 167 Å². The second-order valence-electron chi connectivity index (χ2n) is 10.3. The third kappa shape index (κ3) is 22.7. The summed E-state index contributed by atoms with van der Waals surface area (Å²) in [7, 11) is 0. The number of carbonyl (C=O) groups excluding carboxylic acids is 1. The lowest BCUT2D eigenvalue weighted by Crippen LogP contribution is -2.31. The molecule has 2 nitrogen and oxygen atoms in total. The van der Waals surface area contributed by atoms with Crippen LogP contribution >= 0.6 is 0 Å². The van der Waals surface area contributed by atoms with Gasteiger partial charge in [0.1, 0.15) is 5.60 Å². The van der Waals surface area contributed by atoms with Crippen molar-refractivity contribution in [3.63, 3.8) is 0 Å². The molecule has 0 spiro atoms. The number of unbranched alkanes of at least 4 members (excludes halogenated alkanes) is 19. The Balaban J connectivity index is 3.75. The topological polar surface area (TPSA) is 26.3 Å². The highest BCUT2D eigenvalue weighted by atomic mass is 19.1. The van der Waals surface area contributed by atoms with Crippen LogP contribution in [0.15, 0.2) is 12.7 Å². The van der Waals surface area contributed by atoms with Crippen LogP contribution in [0.25, 0.3) is 0 Å². The van der Waals surface area contributed by atoms with Crippen LogP contribution in [0.1, 0.15) is 162 Å². The van der Waals surface area contributed by atoms with Gasteiger partial charge in [-0.25, -0.2) is 4.79 Å². The van der Waals surface area contributed by atoms with E-state index in [2.05, 4.69) is 20.4 Å². The quantitative estimate of drug-likeness (QED) is 0.0716. The lowest BCUT2D eigenvalue weighted by Gasteiger charge is -2.29. The van der Waals surface area contributed by atoms with Gasteiger partial charge in [-0.2, -0.15) is 0 Å². The van der Waals surface area contributed by atoms with Gasteiger partial charge in [0.05, 0.1) is 6.67 Å². The maximum absolute atomic E-state index is 12.2. The first-order valence-electron chi connectivity index (χ1n) is 14.5. The molecule has 0 aliphatic rings. The average molecular weight is 469 g/mol. The molecule has 0 heterocycles. The van der Waals surface area contributed by atoms with E-state index in [0.29, 0.717) is 6.42 Å². The van der Waals surface area contributed by atoms with Gasteiger partial charge in [-0.05, 0) is 39.0 Å². The number of hydrogen-bond acceptors (Lipinski definition) is 2. The second kappa shape index (κ2) is 24.3. The van der Waals surface area contributed by atoms with Crippen molar-refractivity contribution >= 4 is 5.97 Å². The molecule has 0 aliphatic carbocycles. The van der Waals surface area contributed by atoms with Gasteiger partial charge in [0.15, 0.2) is 0 Å². The average Bonchev–Trinajstić information content (AvgIpc) is 2.81. The molecule has 1 atom stereocenters. The summed E-state index contributed by atoms with van der Waals surface area (Å²) in [5.74, 6) is -0.304. The predicted octanol–water partition coefficient (Wildman–Crippen LogP) is 10.4. The van der Waals surface area contributed by atoms with Crippen LogP contribution in [0.4, 0.5) is 4.39 Å². The molecule has 33 heavy (non-hydrogen) atoms. The first-order valence-corrected chi connectivity index (χ1v) is 14.5.